The highest BCUT2D eigenvalue weighted by Gasteiger charge is 2.31. The number of fused-ring (bicyclic) bond motifs is 1. The highest BCUT2D eigenvalue weighted by molar-refractivity contribution is 6.35. The summed E-state index contributed by atoms with van der Waals surface area (Å²) in [5, 5.41) is 1.33. The first-order valence-electron chi connectivity index (χ1n) is 4.15. The number of halogens is 2. The summed E-state index contributed by atoms with van der Waals surface area (Å²) in [6.07, 6.45) is 0.846. The van der Waals surface area contributed by atoms with Crippen LogP contribution in [0.3, 0.4) is 0 Å². The minimum atomic E-state index is -0.156. The third-order valence-corrected chi connectivity index (χ3v) is 2.66. The molecule has 0 aromatic heterocycles. The SMILES string of the molecule is CC1(C)Cc2c(Cl)cc(Cl)cc2O1. The van der Waals surface area contributed by atoms with E-state index in [1.807, 2.05) is 19.9 Å². The summed E-state index contributed by atoms with van der Waals surface area (Å²) in [5.74, 6) is 0.822. The Hall–Kier alpha value is -0.400. The van der Waals surface area contributed by atoms with E-state index in [1.165, 1.54) is 0 Å². The van der Waals surface area contributed by atoms with Crippen LogP contribution in [-0.4, -0.2) is 5.60 Å². The largest absolute Gasteiger partial charge is 0.487 e. The molecule has 1 heterocycles. The van der Waals surface area contributed by atoms with Gasteiger partial charge in [-0.05, 0) is 26.0 Å². The van der Waals surface area contributed by atoms with Crippen molar-refractivity contribution in [1.29, 1.82) is 0 Å². The van der Waals surface area contributed by atoms with E-state index in [1.54, 1.807) is 6.07 Å². The van der Waals surface area contributed by atoms with Crippen molar-refractivity contribution >= 4 is 23.2 Å². The van der Waals surface area contributed by atoms with Crippen molar-refractivity contribution in [1.82, 2.24) is 0 Å². The molecule has 0 fully saturated rings. The predicted molar refractivity (Wildman–Crippen MR) is 54.9 cm³/mol. The van der Waals surface area contributed by atoms with E-state index in [9.17, 15) is 0 Å². The first-order chi connectivity index (χ1) is 5.98. The molecule has 1 aromatic carbocycles. The van der Waals surface area contributed by atoms with E-state index in [4.69, 9.17) is 27.9 Å². The van der Waals surface area contributed by atoms with Gasteiger partial charge in [0.15, 0.2) is 0 Å². The molecule has 0 saturated carbocycles. The minimum Gasteiger partial charge on any atom is -0.487 e. The van der Waals surface area contributed by atoms with Crippen LogP contribution in [0.5, 0.6) is 5.75 Å². The molecule has 0 bridgehead atoms. The van der Waals surface area contributed by atoms with Gasteiger partial charge < -0.3 is 4.74 Å². The average molecular weight is 217 g/mol. The summed E-state index contributed by atoms with van der Waals surface area (Å²) in [5.41, 5.74) is 0.910. The maximum absolute atomic E-state index is 6.04. The lowest BCUT2D eigenvalue weighted by Gasteiger charge is -2.16. The zero-order chi connectivity index (χ0) is 9.64. The van der Waals surface area contributed by atoms with Gasteiger partial charge in [-0.2, -0.15) is 0 Å². The van der Waals surface area contributed by atoms with E-state index in [-0.39, 0.29) is 5.60 Å². The van der Waals surface area contributed by atoms with E-state index < -0.39 is 0 Å². The van der Waals surface area contributed by atoms with E-state index in [0.29, 0.717) is 10.0 Å². The fraction of sp³-hybridized carbons (Fsp3) is 0.400. The second-order valence-electron chi connectivity index (χ2n) is 3.90. The van der Waals surface area contributed by atoms with Crippen LogP contribution in [0.1, 0.15) is 19.4 Å². The first kappa shape index (κ1) is 9.17. The lowest BCUT2D eigenvalue weighted by Crippen LogP contribution is -2.24. The predicted octanol–water partition coefficient (Wildman–Crippen LogP) is 3.71. The zero-order valence-electron chi connectivity index (χ0n) is 7.53. The van der Waals surface area contributed by atoms with Gasteiger partial charge in [-0.25, -0.2) is 0 Å². The van der Waals surface area contributed by atoms with Crippen LogP contribution in [0.4, 0.5) is 0 Å². The average Bonchev–Trinajstić information content (AvgIpc) is 2.23. The Morgan fingerprint density at radius 2 is 2.00 bits per heavy atom. The Kier molecular flexibility index (Phi) is 1.97. The van der Waals surface area contributed by atoms with Gasteiger partial charge in [0.2, 0.25) is 0 Å². The Morgan fingerprint density at radius 1 is 1.31 bits per heavy atom. The van der Waals surface area contributed by atoms with Crippen molar-refractivity contribution in [3.63, 3.8) is 0 Å². The third-order valence-electron chi connectivity index (χ3n) is 2.11. The molecule has 1 nitrogen and oxygen atoms in total. The minimum absolute atomic E-state index is 0.156. The zero-order valence-corrected chi connectivity index (χ0v) is 9.04. The molecular formula is C10H10Cl2O. The van der Waals surface area contributed by atoms with Gasteiger partial charge in [0.05, 0.1) is 0 Å². The smallest absolute Gasteiger partial charge is 0.126 e. The second-order valence-corrected chi connectivity index (χ2v) is 4.75. The third kappa shape index (κ3) is 1.63. The molecule has 0 amide bonds. The molecule has 0 radical (unpaired) electrons. The number of hydrogen-bond donors (Lipinski definition) is 0. The van der Waals surface area contributed by atoms with Crippen molar-refractivity contribution in [2.45, 2.75) is 25.9 Å². The Morgan fingerprint density at radius 3 is 2.69 bits per heavy atom. The van der Waals surface area contributed by atoms with E-state index >= 15 is 0 Å². The number of rotatable bonds is 0. The Balaban J connectivity index is 2.52. The summed E-state index contributed by atoms with van der Waals surface area (Å²) in [4.78, 5) is 0. The van der Waals surface area contributed by atoms with Crippen LogP contribution in [-0.2, 0) is 6.42 Å². The number of ether oxygens (including phenoxy) is 1. The van der Waals surface area contributed by atoms with Gasteiger partial charge in [-0.3, -0.25) is 0 Å². The number of hydrogen-bond acceptors (Lipinski definition) is 1. The van der Waals surface area contributed by atoms with Gasteiger partial charge >= 0.3 is 0 Å². The molecular weight excluding hydrogens is 207 g/mol. The summed E-state index contributed by atoms with van der Waals surface area (Å²) in [6.45, 7) is 4.08. The Bertz CT molecular complexity index is 358. The van der Waals surface area contributed by atoms with Crippen LogP contribution in [0.2, 0.25) is 10.0 Å². The van der Waals surface area contributed by atoms with Gasteiger partial charge in [-0.15, -0.1) is 0 Å². The number of benzene rings is 1. The monoisotopic (exact) mass is 216 g/mol. The van der Waals surface area contributed by atoms with Crippen molar-refractivity contribution in [3.8, 4) is 5.75 Å². The maximum atomic E-state index is 6.04. The summed E-state index contributed by atoms with van der Waals surface area (Å²) in [7, 11) is 0. The second kappa shape index (κ2) is 2.79. The van der Waals surface area contributed by atoms with Gasteiger partial charge in [-0.1, -0.05) is 23.2 Å². The van der Waals surface area contributed by atoms with Crippen molar-refractivity contribution in [3.05, 3.63) is 27.7 Å². The molecule has 2 rings (SSSR count). The van der Waals surface area contributed by atoms with Crippen molar-refractivity contribution in [2.24, 2.45) is 0 Å². The van der Waals surface area contributed by atoms with Gasteiger partial charge in [0, 0.05) is 22.0 Å². The summed E-state index contributed by atoms with van der Waals surface area (Å²) < 4.78 is 5.69. The van der Waals surface area contributed by atoms with Crippen LogP contribution < -0.4 is 4.74 Å². The van der Waals surface area contributed by atoms with Crippen molar-refractivity contribution < 1.29 is 4.74 Å². The fourth-order valence-electron chi connectivity index (χ4n) is 1.60. The van der Waals surface area contributed by atoms with Gasteiger partial charge in [0.25, 0.3) is 0 Å². The maximum Gasteiger partial charge on any atom is 0.126 e. The summed E-state index contributed by atoms with van der Waals surface area (Å²) in [6, 6.07) is 3.57. The van der Waals surface area contributed by atoms with E-state index in [0.717, 1.165) is 17.7 Å². The molecule has 1 aliphatic rings. The normalized spacial score (nSPS) is 18.2. The molecule has 3 heteroatoms. The molecule has 1 aromatic rings. The lowest BCUT2D eigenvalue weighted by atomic mass is 10.0. The van der Waals surface area contributed by atoms with Gasteiger partial charge in [0.1, 0.15) is 11.4 Å². The molecule has 0 N–H and O–H groups in total. The highest BCUT2D eigenvalue weighted by atomic mass is 35.5. The topological polar surface area (TPSA) is 9.23 Å². The Labute approximate surface area is 87.6 Å². The van der Waals surface area contributed by atoms with E-state index in [2.05, 4.69) is 0 Å². The molecule has 0 aliphatic carbocycles. The van der Waals surface area contributed by atoms with Crippen LogP contribution in [0.15, 0.2) is 12.1 Å². The highest BCUT2D eigenvalue weighted by Crippen LogP contribution is 2.40. The van der Waals surface area contributed by atoms with Crippen LogP contribution >= 0.6 is 23.2 Å². The molecule has 70 valence electrons. The van der Waals surface area contributed by atoms with Crippen molar-refractivity contribution in [2.75, 3.05) is 0 Å². The quantitative estimate of drug-likeness (QED) is 0.643. The molecule has 0 unspecified atom stereocenters. The molecule has 0 saturated heterocycles. The molecule has 0 atom stereocenters. The first-order valence-corrected chi connectivity index (χ1v) is 4.90. The fourth-order valence-corrected chi connectivity index (χ4v) is 2.14. The van der Waals surface area contributed by atoms with Crippen LogP contribution in [0.25, 0.3) is 0 Å². The molecule has 1 aliphatic heterocycles. The molecule has 0 spiro atoms. The molecule has 13 heavy (non-hydrogen) atoms. The van der Waals surface area contributed by atoms with Crippen LogP contribution in [0, 0.1) is 0 Å². The lowest BCUT2D eigenvalue weighted by molar-refractivity contribution is 0.138. The standard InChI is InChI=1S/C10H10Cl2O/c1-10(2)5-7-8(12)3-6(11)4-9(7)13-10/h3-4H,5H2,1-2H3. The summed E-state index contributed by atoms with van der Waals surface area (Å²) >= 11 is 11.9.